The summed E-state index contributed by atoms with van der Waals surface area (Å²) in [5, 5.41) is 10.7. The molecule has 0 bridgehead atoms. The topological polar surface area (TPSA) is 50.2 Å². The molecule has 0 radical (unpaired) electrons. The van der Waals surface area contributed by atoms with Gasteiger partial charge in [0.15, 0.2) is 0 Å². The van der Waals surface area contributed by atoms with E-state index in [1.54, 1.807) is 30.6 Å². The van der Waals surface area contributed by atoms with Crippen molar-refractivity contribution in [3.63, 3.8) is 0 Å². The van der Waals surface area contributed by atoms with Gasteiger partial charge in [-0.05, 0) is 30.0 Å². The quantitative estimate of drug-likeness (QED) is 0.744. The second-order valence-corrected chi connectivity index (χ2v) is 3.20. The van der Waals surface area contributed by atoms with Crippen molar-refractivity contribution < 1.29 is 9.90 Å². The molecule has 3 nitrogen and oxygen atoms in total. The summed E-state index contributed by atoms with van der Waals surface area (Å²) in [6, 6.07) is 5.04. The fourth-order valence-electron chi connectivity index (χ4n) is 1.44. The van der Waals surface area contributed by atoms with Crippen LogP contribution in [0.25, 0.3) is 10.8 Å². The van der Waals surface area contributed by atoms with Crippen LogP contribution >= 0.6 is 0 Å². The summed E-state index contributed by atoms with van der Waals surface area (Å²) >= 11 is 0. The lowest BCUT2D eigenvalue weighted by Gasteiger charge is -2.01. The number of fused-ring (bicyclic) bond motifs is 1. The third kappa shape index (κ3) is 1.33. The second-order valence-electron chi connectivity index (χ2n) is 3.20. The minimum Gasteiger partial charge on any atom is -0.478 e. The number of carbonyl (C=O) groups is 1. The highest BCUT2D eigenvalue weighted by Crippen LogP contribution is 2.18. The van der Waals surface area contributed by atoms with Crippen molar-refractivity contribution in [3.8, 4) is 0 Å². The average molecular weight is 187 g/mol. The summed E-state index contributed by atoms with van der Waals surface area (Å²) in [5.74, 6) is -0.900. The molecule has 2 rings (SSSR count). The predicted molar refractivity (Wildman–Crippen MR) is 53.4 cm³/mol. The molecule has 1 aromatic heterocycles. The molecule has 3 heteroatoms. The highest BCUT2D eigenvalue weighted by Gasteiger charge is 2.04. The Morgan fingerprint density at radius 1 is 1.36 bits per heavy atom. The highest BCUT2D eigenvalue weighted by atomic mass is 16.4. The van der Waals surface area contributed by atoms with Crippen molar-refractivity contribution in [2.75, 3.05) is 0 Å². The van der Waals surface area contributed by atoms with E-state index in [9.17, 15) is 4.79 Å². The van der Waals surface area contributed by atoms with Gasteiger partial charge in [-0.2, -0.15) is 0 Å². The van der Waals surface area contributed by atoms with Crippen LogP contribution in [0, 0.1) is 6.92 Å². The number of hydrogen-bond donors (Lipinski definition) is 1. The molecule has 0 spiro atoms. The van der Waals surface area contributed by atoms with Crippen LogP contribution in [0.4, 0.5) is 0 Å². The Morgan fingerprint density at radius 2 is 2.14 bits per heavy atom. The Balaban J connectivity index is 2.76. The van der Waals surface area contributed by atoms with Crippen molar-refractivity contribution in [2.24, 2.45) is 0 Å². The molecule has 0 fully saturated rings. The summed E-state index contributed by atoms with van der Waals surface area (Å²) in [6.07, 6.45) is 3.46. The van der Waals surface area contributed by atoms with Crippen molar-refractivity contribution in [1.82, 2.24) is 4.98 Å². The normalized spacial score (nSPS) is 10.4. The number of pyridine rings is 1. The molecular weight excluding hydrogens is 178 g/mol. The largest absolute Gasteiger partial charge is 0.478 e. The Morgan fingerprint density at radius 3 is 2.86 bits per heavy atom. The molecule has 1 heterocycles. The molecule has 0 aliphatic heterocycles. The Labute approximate surface area is 81.0 Å². The zero-order valence-corrected chi connectivity index (χ0v) is 7.69. The summed E-state index contributed by atoms with van der Waals surface area (Å²) in [6.45, 7) is 1.92. The van der Waals surface area contributed by atoms with Gasteiger partial charge in [-0.3, -0.25) is 4.98 Å². The number of aromatic carboxylic acids is 1. The number of benzene rings is 1. The molecule has 70 valence electrons. The molecule has 0 aliphatic carbocycles. The fourth-order valence-corrected chi connectivity index (χ4v) is 1.44. The third-order valence-corrected chi connectivity index (χ3v) is 2.21. The van der Waals surface area contributed by atoms with Crippen LogP contribution < -0.4 is 0 Å². The van der Waals surface area contributed by atoms with Crippen molar-refractivity contribution in [1.29, 1.82) is 0 Å². The molecule has 0 atom stereocenters. The lowest BCUT2D eigenvalue weighted by molar-refractivity contribution is 0.0697. The monoisotopic (exact) mass is 187 g/mol. The number of carboxylic acid groups (broad SMARTS) is 1. The van der Waals surface area contributed by atoms with Crippen LogP contribution in [0.15, 0.2) is 30.6 Å². The van der Waals surface area contributed by atoms with Crippen LogP contribution in [-0.2, 0) is 0 Å². The first-order chi connectivity index (χ1) is 6.68. The maximum Gasteiger partial charge on any atom is 0.335 e. The van der Waals surface area contributed by atoms with Crippen molar-refractivity contribution >= 4 is 16.7 Å². The van der Waals surface area contributed by atoms with Crippen LogP contribution in [0.3, 0.4) is 0 Å². The number of hydrogen-bond acceptors (Lipinski definition) is 2. The molecule has 2 aromatic rings. The summed E-state index contributed by atoms with van der Waals surface area (Å²) in [7, 11) is 0. The average Bonchev–Trinajstić information content (AvgIpc) is 2.18. The molecule has 0 aliphatic rings. The van der Waals surface area contributed by atoms with Gasteiger partial charge in [0.1, 0.15) is 0 Å². The van der Waals surface area contributed by atoms with E-state index in [-0.39, 0.29) is 0 Å². The summed E-state index contributed by atoms with van der Waals surface area (Å²) in [5.41, 5.74) is 1.30. The minimum absolute atomic E-state index is 0.312. The Hall–Kier alpha value is -1.90. The van der Waals surface area contributed by atoms with E-state index in [0.29, 0.717) is 5.56 Å². The summed E-state index contributed by atoms with van der Waals surface area (Å²) in [4.78, 5) is 14.8. The summed E-state index contributed by atoms with van der Waals surface area (Å²) < 4.78 is 0. The Bertz CT molecular complexity index is 506. The first-order valence-corrected chi connectivity index (χ1v) is 4.26. The fraction of sp³-hybridized carbons (Fsp3) is 0.0909. The first kappa shape index (κ1) is 8.69. The van der Waals surface area contributed by atoms with Gasteiger partial charge in [0.2, 0.25) is 0 Å². The van der Waals surface area contributed by atoms with Gasteiger partial charge in [-0.1, -0.05) is 6.07 Å². The van der Waals surface area contributed by atoms with Gasteiger partial charge in [0.25, 0.3) is 0 Å². The number of aryl methyl sites for hydroxylation is 1. The number of nitrogens with zero attached hydrogens (tertiary/aromatic N) is 1. The highest BCUT2D eigenvalue weighted by molar-refractivity contribution is 5.95. The van der Waals surface area contributed by atoms with Crippen molar-refractivity contribution in [3.05, 3.63) is 41.7 Å². The molecule has 1 N–H and O–H groups in total. The first-order valence-electron chi connectivity index (χ1n) is 4.26. The van der Waals surface area contributed by atoms with Crippen LogP contribution in [0.5, 0.6) is 0 Å². The maximum absolute atomic E-state index is 10.7. The molecule has 14 heavy (non-hydrogen) atoms. The predicted octanol–water partition coefficient (Wildman–Crippen LogP) is 2.24. The van der Waals surface area contributed by atoms with E-state index in [4.69, 9.17) is 5.11 Å². The van der Waals surface area contributed by atoms with Crippen molar-refractivity contribution in [2.45, 2.75) is 6.92 Å². The van der Waals surface area contributed by atoms with E-state index in [1.165, 1.54) is 0 Å². The molecule has 0 unspecified atom stereocenters. The van der Waals surface area contributed by atoms with E-state index in [2.05, 4.69) is 4.98 Å². The van der Waals surface area contributed by atoms with Gasteiger partial charge in [0, 0.05) is 17.8 Å². The lowest BCUT2D eigenvalue weighted by Crippen LogP contribution is -1.95. The second kappa shape index (κ2) is 3.10. The van der Waals surface area contributed by atoms with Gasteiger partial charge >= 0.3 is 5.97 Å². The molecule has 1 aromatic carbocycles. The van der Waals surface area contributed by atoms with Gasteiger partial charge in [-0.25, -0.2) is 4.79 Å². The van der Waals surface area contributed by atoms with Crippen LogP contribution in [0.1, 0.15) is 15.9 Å². The molecular formula is C11H9NO2. The van der Waals surface area contributed by atoms with Gasteiger partial charge in [-0.15, -0.1) is 0 Å². The zero-order chi connectivity index (χ0) is 10.1. The van der Waals surface area contributed by atoms with Gasteiger partial charge in [0.05, 0.1) is 5.56 Å². The SMILES string of the molecule is Cc1cncc2ccc(C(=O)O)cc12. The van der Waals surface area contributed by atoms with Gasteiger partial charge < -0.3 is 5.11 Å². The van der Waals surface area contributed by atoms with E-state index >= 15 is 0 Å². The number of aromatic nitrogens is 1. The number of carboxylic acids is 1. The van der Waals surface area contributed by atoms with E-state index in [0.717, 1.165) is 16.3 Å². The standard InChI is InChI=1S/C11H9NO2/c1-7-5-12-6-9-3-2-8(11(13)14)4-10(7)9/h2-6H,1H3,(H,13,14). The third-order valence-electron chi connectivity index (χ3n) is 2.21. The molecule has 0 amide bonds. The van der Waals surface area contributed by atoms with Crippen LogP contribution in [-0.4, -0.2) is 16.1 Å². The van der Waals surface area contributed by atoms with E-state index < -0.39 is 5.97 Å². The minimum atomic E-state index is -0.900. The molecule has 0 saturated heterocycles. The lowest BCUT2D eigenvalue weighted by atomic mass is 10.1. The maximum atomic E-state index is 10.7. The zero-order valence-electron chi connectivity index (χ0n) is 7.69. The Kier molecular flexibility index (Phi) is 1.93. The van der Waals surface area contributed by atoms with Crippen LogP contribution in [0.2, 0.25) is 0 Å². The number of rotatable bonds is 1. The van der Waals surface area contributed by atoms with E-state index in [1.807, 2.05) is 6.92 Å². The molecule has 0 saturated carbocycles. The smallest absolute Gasteiger partial charge is 0.335 e.